The highest BCUT2D eigenvalue weighted by Gasteiger charge is 2.32. The van der Waals surface area contributed by atoms with E-state index in [1.165, 1.54) is 11.0 Å². The van der Waals surface area contributed by atoms with Gasteiger partial charge in [-0.15, -0.1) is 8.80 Å². The Morgan fingerprint density at radius 1 is 1.16 bits per heavy atom. The number of aromatic hydroxyl groups is 1. The summed E-state index contributed by atoms with van der Waals surface area (Å²) in [6.07, 6.45) is 0.757. The molecule has 3 heterocycles. The van der Waals surface area contributed by atoms with Crippen molar-refractivity contribution in [2.24, 2.45) is 14.2 Å². The number of phenolic OH excluding ortho intramolecular Hbond substituents is 1. The number of aliphatic hydroxyl groups is 1. The third-order valence-corrected chi connectivity index (χ3v) is 7.32. The zero-order valence-corrected chi connectivity index (χ0v) is 22.2. The highest BCUT2D eigenvalue weighted by atomic mass is 32.2. The predicted octanol–water partition coefficient (Wildman–Crippen LogP) is 2.90. The molecule has 1 saturated heterocycles. The summed E-state index contributed by atoms with van der Waals surface area (Å²) in [7, 11) is 0. The maximum atomic E-state index is 13.1. The molecule has 0 spiro atoms. The quantitative estimate of drug-likeness (QED) is 0.433. The Morgan fingerprint density at radius 3 is 2.68 bits per heavy atom. The van der Waals surface area contributed by atoms with Crippen LogP contribution in [0.25, 0.3) is 0 Å². The summed E-state index contributed by atoms with van der Waals surface area (Å²) in [5, 5.41) is 27.3. The molecule has 4 N–H and O–H groups in total. The van der Waals surface area contributed by atoms with E-state index in [-0.39, 0.29) is 59.4 Å². The molecule has 2 aromatic carbocycles. The lowest BCUT2D eigenvalue weighted by Crippen LogP contribution is -2.42. The van der Waals surface area contributed by atoms with E-state index in [0.29, 0.717) is 30.9 Å². The summed E-state index contributed by atoms with van der Waals surface area (Å²) in [5.74, 6) is 1.12. The average molecular weight is 542 g/mol. The van der Waals surface area contributed by atoms with Gasteiger partial charge in [-0.3, -0.25) is 4.79 Å². The van der Waals surface area contributed by atoms with Crippen molar-refractivity contribution in [3.05, 3.63) is 47.5 Å². The SMILES string of the molecule is CC(C)(C)C(NC1=NS(=O)N=C1Nc1cccc(C(=O)N2CCCC(O)C2)c1O)c1ccc2c(c1)OCO2. The molecule has 202 valence electrons. The monoisotopic (exact) mass is 541 g/mol. The van der Waals surface area contributed by atoms with Crippen LogP contribution in [-0.4, -0.2) is 62.9 Å². The number of anilines is 1. The molecule has 3 unspecified atom stereocenters. The molecule has 0 aromatic heterocycles. The van der Waals surface area contributed by atoms with Gasteiger partial charge in [-0.1, -0.05) is 32.9 Å². The number of rotatable bonds is 4. The fourth-order valence-electron chi connectivity index (χ4n) is 4.72. The Labute approximate surface area is 223 Å². The van der Waals surface area contributed by atoms with E-state index in [1.807, 2.05) is 18.2 Å². The number of β-amino-alcohol motifs (C(OH)–C–C–N with tert-alkyl or cyclic N) is 1. The molecule has 0 radical (unpaired) electrons. The number of likely N-dealkylation sites (tertiary alicyclic amines) is 1. The molecule has 0 aliphatic carbocycles. The number of para-hydroxylation sites is 1. The fourth-order valence-corrected chi connectivity index (χ4v) is 5.35. The van der Waals surface area contributed by atoms with Crippen LogP contribution in [0.2, 0.25) is 0 Å². The van der Waals surface area contributed by atoms with Gasteiger partial charge in [0.05, 0.1) is 23.4 Å². The number of carbonyl (C=O) groups excluding carboxylic acids is 1. The second-order valence-electron chi connectivity index (χ2n) is 10.5. The molecule has 5 rings (SSSR count). The number of amides is 1. The number of amidine groups is 2. The van der Waals surface area contributed by atoms with Crippen molar-refractivity contribution in [3.8, 4) is 17.2 Å². The third kappa shape index (κ3) is 5.32. The van der Waals surface area contributed by atoms with E-state index in [2.05, 4.69) is 40.2 Å². The molecule has 0 saturated carbocycles. The van der Waals surface area contributed by atoms with Gasteiger partial charge in [-0.2, -0.15) is 0 Å². The number of nitrogens with one attached hydrogen (secondary N) is 2. The van der Waals surface area contributed by atoms with E-state index < -0.39 is 17.3 Å². The first-order chi connectivity index (χ1) is 18.1. The van der Waals surface area contributed by atoms with Crippen LogP contribution >= 0.6 is 0 Å². The Kier molecular flexibility index (Phi) is 7.01. The minimum Gasteiger partial charge on any atom is -0.505 e. The molecule has 38 heavy (non-hydrogen) atoms. The molecule has 1 amide bonds. The summed E-state index contributed by atoms with van der Waals surface area (Å²) in [4.78, 5) is 14.6. The standard InChI is InChI=1S/C26H31N5O6S/c1-26(2,3)22(15-9-10-19-20(12-15)37-14-36-19)28-24-23(29-38(35)30-24)27-18-8-4-7-17(21(18)33)25(34)31-11-5-6-16(32)13-31/h4,7-10,12,16,22,32-33H,5-6,11,13-14H2,1-3H3,(H,27,29)(H,28,30). The molecular formula is C26H31N5O6S. The van der Waals surface area contributed by atoms with E-state index in [9.17, 15) is 19.2 Å². The van der Waals surface area contributed by atoms with E-state index >= 15 is 0 Å². The zero-order chi connectivity index (χ0) is 27.0. The van der Waals surface area contributed by atoms with Crippen LogP contribution in [0.1, 0.15) is 55.6 Å². The third-order valence-electron chi connectivity index (χ3n) is 6.64. The number of ether oxygens (including phenoxy) is 2. The van der Waals surface area contributed by atoms with Crippen molar-refractivity contribution in [2.75, 3.05) is 25.2 Å². The van der Waals surface area contributed by atoms with Crippen LogP contribution in [0, 0.1) is 5.41 Å². The van der Waals surface area contributed by atoms with Crippen molar-refractivity contribution in [1.82, 2.24) is 10.2 Å². The maximum absolute atomic E-state index is 13.1. The summed E-state index contributed by atoms with van der Waals surface area (Å²) in [5.41, 5.74) is 0.943. The highest BCUT2D eigenvalue weighted by Crippen LogP contribution is 2.39. The van der Waals surface area contributed by atoms with Gasteiger partial charge in [-0.25, -0.2) is 4.21 Å². The lowest BCUT2D eigenvalue weighted by Gasteiger charge is -2.33. The van der Waals surface area contributed by atoms with E-state index in [0.717, 1.165) is 5.56 Å². The first-order valence-corrected chi connectivity index (χ1v) is 13.5. The van der Waals surface area contributed by atoms with Gasteiger partial charge >= 0.3 is 0 Å². The van der Waals surface area contributed by atoms with E-state index in [1.54, 1.807) is 12.1 Å². The fraction of sp³-hybridized carbons (Fsp3) is 0.423. The normalized spacial score (nSPS) is 21.5. The van der Waals surface area contributed by atoms with E-state index in [4.69, 9.17) is 9.47 Å². The number of phenols is 1. The largest absolute Gasteiger partial charge is 0.505 e. The topological polar surface area (TPSA) is 145 Å². The lowest BCUT2D eigenvalue weighted by atomic mass is 9.82. The summed E-state index contributed by atoms with van der Waals surface area (Å²) in [6.45, 7) is 7.07. The van der Waals surface area contributed by atoms with Crippen LogP contribution in [-0.2, 0) is 11.2 Å². The van der Waals surface area contributed by atoms with Gasteiger partial charge in [-0.05, 0) is 48.1 Å². The Hall–Kier alpha value is -3.64. The smallest absolute Gasteiger partial charge is 0.269 e. The molecule has 3 atom stereocenters. The van der Waals surface area contributed by atoms with Crippen molar-refractivity contribution >= 4 is 34.4 Å². The Morgan fingerprint density at radius 2 is 1.92 bits per heavy atom. The van der Waals surface area contributed by atoms with Crippen LogP contribution in [0.3, 0.4) is 0 Å². The maximum Gasteiger partial charge on any atom is 0.269 e. The average Bonchev–Trinajstić information content (AvgIpc) is 3.48. The highest BCUT2D eigenvalue weighted by molar-refractivity contribution is 7.83. The number of piperidine rings is 1. The Bertz CT molecular complexity index is 1340. The predicted molar refractivity (Wildman–Crippen MR) is 144 cm³/mol. The van der Waals surface area contributed by atoms with Crippen LogP contribution in [0.5, 0.6) is 17.2 Å². The van der Waals surface area contributed by atoms with Crippen molar-refractivity contribution in [2.45, 2.75) is 45.8 Å². The second-order valence-corrected chi connectivity index (χ2v) is 11.4. The molecule has 0 bridgehead atoms. The van der Waals surface area contributed by atoms with Gasteiger partial charge in [0.2, 0.25) is 6.79 Å². The minimum atomic E-state index is -1.86. The molecule has 12 heteroatoms. The first-order valence-electron chi connectivity index (χ1n) is 12.4. The molecule has 3 aliphatic rings. The second kappa shape index (κ2) is 10.3. The Balaban J connectivity index is 1.38. The molecule has 2 aromatic rings. The van der Waals surface area contributed by atoms with Crippen LogP contribution < -0.4 is 20.1 Å². The van der Waals surface area contributed by atoms with Gasteiger partial charge in [0.15, 0.2) is 28.9 Å². The van der Waals surface area contributed by atoms with Gasteiger partial charge < -0.3 is 35.2 Å². The number of hydrogen-bond donors (Lipinski definition) is 4. The molecular weight excluding hydrogens is 510 g/mol. The first kappa shape index (κ1) is 26.0. The molecule has 11 nitrogen and oxygen atoms in total. The van der Waals surface area contributed by atoms with Gasteiger partial charge in [0.25, 0.3) is 17.1 Å². The van der Waals surface area contributed by atoms with Gasteiger partial charge in [0.1, 0.15) is 0 Å². The lowest BCUT2D eigenvalue weighted by molar-refractivity contribution is 0.0471. The number of carbonyl (C=O) groups is 1. The number of benzene rings is 2. The minimum absolute atomic E-state index is 0.100. The summed E-state index contributed by atoms with van der Waals surface area (Å²) < 4.78 is 31.6. The zero-order valence-electron chi connectivity index (χ0n) is 21.4. The molecule has 3 aliphatic heterocycles. The van der Waals surface area contributed by atoms with Crippen LogP contribution in [0.4, 0.5) is 5.69 Å². The number of aliphatic hydroxyl groups excluding tert-OH is 1. The summed E-state index contributed by atoms with van der Waals surface area (Å²) >= 11 is -1.86. The molecule has 1 fully saturated rings. The number of hydrogen-bond acceptors (Lipinski definition) is 8. The van der Waals surface area contributed by atoms with Crippen LogP contribution in [0.15, 0.2) is 45.2 Å². The summed E-state index contributed by atoms with van der Waals surface area (Å²) in [6, 6.07) is 10.2. The van der Waals surface area contributed by atoms with Gasteiger partial charge in [0, 0.05) is 13.1 Å². The van der Waals surface area contributed by atoms with Crippen molar-refractivity contribution < 1.29 is 28.7 Å². The number of nitrogens with zero attached hydrogens (tertiary/aromatic N) is 3. The van der Waals surface area contributed by atoms with Crippen molar-refractivity contribution in [1.29, 1.82) is 0 Å². The van der Waals surface area contributed by atoms with Crippen molar-refractivity contribution in [3.63, 3.8) is 0 Å². The number of fused-ring (bicyclic) bond motifs is 1.